The van der Waals surface area contributed by atoms with Crippen molar-refractivity contribution in [1.82, 2.24) is 9.88 Å². The number of hydrogen-bond donors (Lipinski definition) is 1. The van der Waals surface area contributed by atoms with Crippen LogP contribution in [0.25, 0.3) is 0 Å². The van der Waals surface area contributed by atoms with Crippen LogP contribution in [0, 0.1) is 5.92 Å². The topological polar surface area (TPSA) is 57.7 Å². The van der Waals surface area contributed by atoms with Crippen molar-refractivity contribution in [2.24, 2.45) is 5.92 Å². The van der Waals surface area contributed by atoms with E-state index in [-0.39, 0.29) is 5.91 Å². The van der Waals surface area contributed by atoms with Crippen LogP contribution in [-0.2, 0) is 4.74 Å². The molecule has 0 bridgehead atoms. The lowest BCUT2D eigenvalue weighted by Gasteiger charge is -2.32. The number of aromatic nitrogens is 1. The van der Waals surface area contributed by atoms with E-state index in [0.717, 1.165) is 24.7 Å². The van der Waals surface area contributed by atoms with Gasteiger partial charge in [-0.2, -0.15) is 0 Å². The Morgan fingerprint density at radius 1 is 1.07 bits per heavy atom. The van der Waals surface area contributed by atoms with Gasteiger partial charge in [0, 0.05) is 49.3 Å². The quantitative estimate of drug-likeness (QED) is 0.879. The molecular formula is C22H28N4O2. The average Bonchev–Trinajstić information content (AvgIpc) is 2.75. The van der Waals surface area contributed by atoms with Crippen LogP contribution in [0.15, 0.2) is 42.6 Å². The molecule has 2 fully saturated rings. The number of nitrogens with zero attached hydrogens (tertiary/aromatic N) is 3. The van der Waals surface area contributed by atoms with Gasteiger partial charge in [-0.05, 0) is 55.2 Å². The Morgan fingerprint density at radius 2 is 1.79 bits per heavy atom. The van der Waals surface area contributed by atoms with Crippen molar-refractivity contribution in [3.05, 3.63) is 48.2 Å². The summed E-state index contributed by atoms with van der Waals surface area (Å²) in [6, 6.07) is 12.0. The van der Waals surface area contributed by atoms with Crippen LogP contribution in [0.1, 0.15) is 30.1 Å². The van der Waals surface area contributed by atoms with Gasteiger partial charge in [0.05, 0.1) is 13.2 Å². The molecule has 148 valence electrons. The lowest BCUT2D eigenvalue weighted by Crippen LogP contribution is -2.40. The summed E-state index contributed by atoms with van der Waals surface area (Å²) in [7, 11) is 0. The van der Waals surface area contributed by atoms with Gasteiger partial charge in [0.1, 0.15) is 5.82 Å². The van der Waals surface area contributed by atoms with Crippen LogP contribution < -0.4 is 10.2 Å². The molecule has 6 nitrogen and oxygen atoms in total. The molecule has 2 aliphatic heterocycles. The number of nitrogens with one attached hydrogen (secondary N) is 1. The van der Waals surface area contributed by atoms with Crippen molar-refractivity contribution in [1.29, 1.82) is 0 Å². The summed E-state index contributed by atoms with van der Waals surface area (Å²) < 4.78 is 5.33. The first-order chi connectivity index (χ1) is 13.7. The van der Waals surface area contributed by atoms with E-state index in [0.29, 0.717) is 37.7 Å². The van der Waals surface area contributed by atoms with Crippen LogP contribution in [0.5, 0.6) is 0 Å². The fraction of sp³-hybridized carbons (Fsp3) is 0.455. The molecule has 1 N–H and O–H groups in total. The SMILES string of the molecule is CC1CCN(c2ccc(Nc3cc(C(=O)N4CCOCC4)ccn3)cc2)CC1. The van der Waals surface area contributed by atoms with Gasteiger partial charge in [-0.1, -0.05) is 6.92 Å². The Morgan fingerprint density at radius 3 is 2.50 bits per heavy atom. The predicted molar refractivity (Wildman–Crippen MR) is 111 cm³/mol. The van der Waals surface area contributed by atoms with E-state index in [2.05, 4.69) is 46.4 Å². The number of pyridine rings is 1. The molecule has 0 aliphatic carbocycles. The number of amides is 1. The maximum atomic E-state index is 12.7. The van der Waals surface area contributed by atoms with E-state index in [9.17, 15) is 4.79 Å². The van der Waals surface area contributed by atoms with Gasteiger partial charge in [-0.15, -0.1) is 0 Å². The fourth-order valence-corrected chi connectivity index (χ4v) is 3.75. The number of anilines is 3. The zero-order chi connectivity index (χ0) is 19.3. The van der Waals surface area contributed by atoms with Crippen molar-refractivity contribution >= 4 is 23.1 Å². The van der Waals surface area contributed by atoms with Gasteiger partial charge in [-0.25, -0.2) is 4.98 Å². The van der Waals surface area contributed by atoms with Crippen molar-refractivity contribution in [2.45, 2.75) is 19.8 Å². The normalized spacial score (nSPS) is 18.2. The van der Waals surface area contributed by atoms with E-state index >= 15 is 0 Å². The predicted octanol–water partition coefficient (Wildman–Crippen LogP) is 3.53. The summed E-state index contributed by atoms with van der Waals surface area (Å²) in [6.45, 7) is 7.06. The summed E-state index contributed by atoms with van der Waals surface area (Å²) in [5.41, 5.74) is 2.89. The summed E-state index contributed by atoms with van der Waals surface area (Å²) in [5.74, 6) is 1.54. The van der Waals surface area contributed by atoms with Crippen LogP contribution >= 0.6 is 0 Å². The monoisotopic (exact) mass is 380 g/mol. The van der Waals surface area contributed by atoms with Crippen molar-refractivity contribution < 1.29 is 9.53 Å². The second-order valence-corrected chi connectivity index (χ2v) is 7.68. The van der Waals surface area contributed by atoms with E-state index in [1.165, 1.54) is 18.5 Å². The molecule has 0 saturated carbocycles. The molecule has 4 rings (SSSR count). The van der Waals surface area contributed by atoms with Crippen LogP contribution in [0.4, 0.5) is 17.2 Å². The Balaban J connectivity index is 1.40. The molecule has 0 atom stereocenters. The fourth-order valence-electron chi connectivity index (χ4n) is 3.75. The molecule has 2 aromatic rings. The Bertz CT molecular complexity index is 794. The number of ether oxygens (including phenoxy) is 1. The third kappa shape index (κ3) is 4.44. The molecule has 2 aliphatic rings. The highest BCUT2D eigenvalue weighted by atomic mass is 16.5. The number of hydrogen-bond acceptors (Lipinski definition) is 5. The number of benzene rings is 1. The highest BCUT2D eigenvalue weighted by Gasteiger charge is 2.19. The molecule has 6 heteroatoms. The molecule has 3 heterocycles. The van der Waals surface area contributed by atoms with Gasteiger partial charge in [0.2, 0.25) is 0 Å². The zero-order valence-electron chi connectivity index (χ0n) is 16.4. The third-order valence-corrected chi connectivity index (χ3v) is 5.59. The lowest BCUT2D eigenvalue weighted by molar-refractivity contribution is 0.0303. The summed E-state index contributed by atoms with van der Waals surface area (Å²) in [5, 5.41) is 3.31. The molecular weight excluding hydrogens is 352 g/mol. The molecule has 2 saturated heterocycles. The van der Waals surface area contributed by atoms with Gasteiger partial charge < -0.3 is 19.9 Å². The van der Waals surface area contributed by atoms with Gasteiger partial charge in [0.15, 0.2) is 0 Å². The number of carbonyl (C=O) groups excluding carboxylic acids is 1. The standard InChI is InChI=1S/C22H28N4O2/c1-17-7-10-25(11-8-17)20-4-2-19(3-5-20)24-21-16-18(6-9-23-21)22(27)26-12-14-28-15-13-26/h2-6,9,16-17H,7-8,10-15H2,1H3,(H,23,24). The van der Waals surface area contributed by atoms with Gasteiger partial charge >= 0.3 is 0 Å². The largest absolute Gasteiger partial charge is 0.378 e. The maximum absolute atomic E-state index is 12.7. The third-order valence-electron chi connectivity index (χ3n) is 5.59. The van der Waals surface area contributed by atoms with Crippen LogP contribution in [-0.4, -0.2) is 55.2 Å². The first-order valence-corrected chi connectivity index (χ1v) is 10.1. The molecule has 1 aromatic heterocycles. The van der Waals surface area contributed by atoms with Gasteiger partial charge in [-0.3, -0.25) is 4.79 Å². The lowest BCUT2D eigenvalue weighted by atomic mass is 9.99. The minimum Gasteiger partial charge on any atom is -0.378 e. The van der Waals surface area contributed by atoms with Crippen molar-refractivity contribution in [3.63, 3.8) is 0 Å². The second kappa shape index (κ2) is 8.61. The highest BCUT2D eigenvalue weighted by molar-refractivity contribution is 5.95. The molecule has 0 spiro atoms. The summed E-state index contributed by atoms with van der Waals surface area (Å²) >= 11 is 0. The molecule has 0 unspecified atom stereocenters. The van der Waals surface area contributed by atoms with E-state index in [1.54, 1.807) is 12.3 Å². The number of rotatable bonds is 4. The Labute approximate surface area is 166 Å². The van der Waals surface area contributed by atoms with Crippen molar-refractivity contribution in [3.8, 4) is 0 Å². The summed E-state index contributed by atoms with van der Waals surface area (Å²) in [4.78, 5) is 21.3. The van der Waals surface area contributed by atoms with Crippen molar-refractivity contribution in [2.75, 3.05) is 49.6 Å². The number of piperidine rings is 1. The first-order valence-electron chi connectivity index (χ1n) is 10.1. The first kappa shape index (κ1) is 18.7. The Kier molecular flexibility index (Phi) is 5.76. The smallest absolute Gasteiger partial charge is 0.254 e. The molecule has 1 amide bonds. The minimum atomic E-state index is 0.0309. The van der Waals surface area contributed by atoms with Gasteiger partial charge in [0.25, 0.3) is 5.91 Å². The van der Waals surface area contributed by atoms with E-state index in [1.807, 2.05) is 11.0 Å². The second-order valence-electron chi connectivity index (χ2n) is 7.68. The van der Waals surface area contributed by atoms with E-state index in [4.69, 9.17) is 4.74 Å². The Hall–Kier alpha value is -2.60. The minimum absolute atomic E-state index is 0.0309. The molecule has 1 aromatic carbocycles. The maximum Gasteiger partial charge on any atom is 0.254 e. The summed E-state index contributed by atoms with van der Waals surface area (Å²) in [6.07, 6.45) is 4.20. The highest BCUT2D eigenvalue weighted by Crippen LogP contribution is 2.25. The zero-order valence-corrected chi connectivity index (χ0v) is 16.4. The number of carbonyl (C=O) groups is 1. The van der Waals surface area contributed by atoms with Crippen LogP contribution in [0.3, 0.4) is 0 Å². The van der Waals surface area contributed by atoms with E-state index < -0.39 is 0 Å². The average molecular weight is 380 g/mol. The number of morpholine rings is 1. The molecule has 28 heavy (non-hydrogen) atoms. The molecule has 0 radical (unpaired) electrons. The van der Waals surface area contributed by atoms with Crippen LogP contribution in [0.2, 0.25) is 0 Å².